The molecule has 1 unspecified atom stereocenters. The fourth-order valence-corrected chi connectivity index (χ4v) is 2.25. The molecule has 1 amide bonds. The van der Waals surface area contributed by atoms with Crippen molar-refractivity contribution >= 4 is 12.1 Å². The van der Waals surface area contributed by atoms with E-state index in [0.29, 0.717) is 5.56 Å². The van der Waals surface area contributed by atoms with E-state index in [2.05, 4.69) is 0 Å². The Kier molecular flexibility index (Phi) is 5.78. The van der Waals surface area contributed by atoms with Crippen LogP contribution in [0.15, 0.2) is 54.6 Å². The van der Waals surface area contributed by atoms with E-state index in [9.17, 15) is 14.7 Å². The molecule has 6 heteroatoms. The summed E-state index contributed by atoms with van der Waals surface area (Å²) in [5.41, 5.74) is 1.27. The number of ether oxygens (including phenoxy) is 2. The van der Waals surface area contributed by atoms with Crippen molar-refractivity contribution in [3.8, 4) is 5.75 Å². The zero-order valence-electron chi connectivity index (χ0n) is 13.5. The Labute approximate surface area is 140 Å². The lowest BCUT2D eigenvalue weighted by Gasteiger charge is -2.25. The molecule has 0 aliphatic heterocycles. The van der Waals surface area contributed by atoms with Gasteiger partial charge < -0.3 is 14.6 Å². The third-order valence-electron chi connectivity index (χ3n) is 3.49. The summed E-state index contributed by atoms with van der Waals surface area (Å²) in [7, 11) is 2.68. The summed E-state index contributed by atoms with van der Waals surface area (Å²) in [6.07, 6.45) is -0.669. The third-order valence-corrected chi connectivity index (χ3v) is 3.49. The van der Waals surface area contributed by atoms with Crippen molar-refractivity contribution in [1.29, 1.82) is 0 Å². The highest BCUT2D eigenvalue weighted by atomic mass is 16.6. The number of likely N-dealkylation sites (N-methyl/N-ethyl adjacent to an activating group) is 1. The topological polar surface area (TPSA) is 76.1 Å². The minimum atomic E-state index is -1.01. The standard InChI is InChI=1S/C18H19NO5/c1-19(18(22)24-12-13-7-4-3-5-8-13)16(17(21)23-2)14-9-6-10-15(20)11-14/h3-11,16,20H,12H2,1-2H3. The Morgan fingerprint density at radius 3 is 2.46 bits per heavy atom. The van der Waals surface area contributed by atoms with E-state index in [-0.39, 0.29) is 12.4 Å². The SMILES string of the molecule is COC(=O)C(c1cccc(O)c1)N(C)C(=O)OCc1ccccc1. The molecular formula is C18H19NO5. The van der Waals surface area contributed by atoms with E-state index < -0.39 is 18.1 Å². The molecule has 126 valence electrons. The van der Waals surface area contributed by atoms with Crippen LogP contribution in [0.3, 0.4) is 0 Å². The van der Waals surface area contributed by atoms with Gasteiger partial charge in [0, 0.05) is 7.05 Å². The van der Waals surface area contributed by atoms with E-state index in [0.717, 1.165) is 10.5 Å². The quantitative estimate of drug-likeness (QED) is 0.854. The average molecular weight is 329 g/mol. The van der Waals surface area contributed by atoms with Gasteiger partial charge in [0.05, 0.1) is 7.11 Å². The molecule has 2 rings (SSSR count). The normalized spacial score (nSPS) is 11.4. The van der Waals surface area contributed by atoms with Crippen molar-refractivity contribution in [3.05, 3.63) is 65.7 Å². The second kappa shape index (κ2) is 8.01. The molecule has 1 N–H and O–H groups in total. The summed E-state index contributed by atoms with van der Waals surface area (Å²) >= 11 is 0. The first-order valence-electron chi connectivity index (χ1n) is 7.33. The van der Waals surface area contributed by atoms with Gasteiger partial charge in [0.2, 0.25) is 0 Å². The number of methoxy groups -OCH3 is 1. The van der Waals surface area contributed by atoms with Crippen LogP contribution in [0, 0.1) is 0 Å². The zero-order chi connectivity index (χ0) is 17.5. The molecule has 0 aliphatic rings. The summed E-state index contributed by atoms with van der Waals surface area (Å²) in [5, 5.41) is 9.60. The number of phenolic OH excluding ortho intramolecular Hbond substituents is 1. The Hall–Kier alpha value is -3.02. The monoisotopic (exact) mass is 329 g/mol. The fraction of sp³-hybridized carbons (Fsp3) is 0.222. The first-order chi connectivity index (χ1) is 11.5. The van der Waals surface area contributed by atoms with Crippen LogP contribution >= 0.6 is 0 Å². The number of aromatic hydroxyl groups is 1. The third kappa shape index (κ3) is 4.25. The Morgan fingerprint density at radius 2 is 1.83 bits per heavy atom. The number of phenols is 1. The van der Waals surface area contributed by atoms with E-state index in [1.54, 1.807) is 12.1 Å². The lowest BCUT2D eigenvalue weighted by Crippen LogP contribution is -2.36. The molecule has 0 aliphatic carbocycles. The van der Waals surface area contributed by atoms with Gasteiger partial charge in [-0.1, -0.05) is 42.5 Å². The number of amides is 1. The minimum absolute atomic E-state index is 0.00699. The molecule has 0 spiro atoms. The van der Waals surface area contributed by atoms with Gasteiger partial charge in [-0.3, -0.25) is 4.90 Å². The van der Waals surface area contributed by atoms with Gasteiger partial charge in [0.15, 0.2) is 6.04 Å². The number of carbonyl (C=O) groups is 2. The summed E-state index contributed by atoms with van der Waals surface area (Å²) < 4.78 is 10.0. The summed E-state index contributed by atoms with van der Waals surface area (Å²) in [6, 6.07) is 14.3. The maximum atomic E-state index is 12.3. The first kappa shape index (κ1) is 17.3. The van der Waals surface area contributed by atoms with Gasteiger partial charge in [-0.25, -0.2) is 9.59 Å². The molecule has 0 aromatic heterocycles. The van der Waals surface area contributed by atoms with Gasteiger partial charge in [0.25, 0.3) is 0 Å². The number of nitrogens with zero attached hydrogens (tertiary/aromatic N) is 1. The maximum Gasteiger partial charge on any atom is 0.410 e. The Balaban J connectivity index is 2.13. The molecule has 6 nitrogen and oxygen atoms in total. The molecule has 24 heavy (non-hydrogen) atoms. The van der Waals surface area contributed by atoms with Gasteiger partial charge in [-0.15, -0.1) is 0 Å². The number of carbonyl (C=O) groups excluding carboxylic acids is 2. The largest absolute Gasteiger partial charge is 0.508 e. The average Bonchev–Trinajstić information content (AvgIpc) is 2.60. The van der Waals surface area contributed by atoms with Gasteiger partial charge in [-0.2, -0.15) is 0 Å². The summed E-state index contributed by atoms with van der Waals surface area (Å²) in [4.78, 5) is 25.5. The lowest BCUT2D eigenvalue weighted by atomic mass is 10.1. The van der Waals surface area contributed by atoms with Crippen LogP contribution in [0.25, 0.3) is 0 Å². The second-order valence-corrected chi connectivity index (χ2v) is 5.17. The maximum absolute atomic E-state index is 12.3. The molecule has 0 fully saturated rings. The molecule has 0 heterocycles. The molecule has 2 aromatic carbocycles. The highest BCUT2D eigenvalue weighted by Gasteiger charge is 2.30. The van der Waals surface area contributed by atoms with Crippen LogP contribution in [0.1, 0.15) is 17.2 Å². The highest BCUT2D eigenvalue weighted by molar-refractivity contribution is 5.82. The van der Waals surface area contributed by atoms with Crippen molar-refractivity contribution in [2.75, 3.05) is 14.2 Å². The predicted octanol–water partition coefficient (Wildman–Crippen LogP) is 2.87. The van der Waals surface area contributed by atoms with Crippen LogP contribution in [-0.4, -0.2) is 36.2 Å². The van der Waals surface area contributed by atoms with Crippen molar-refractivity contribution in [2.45, 2.75) is 12.6 Å². The first-order valence-corrected chi connectivity index (χ1v) is 7.33. The zero-order valence-corrected chi connectivity index (χ0v) is 13.5. The van der Waals surface area contributed by atoms with Crippen molar-refractivity contribution in [2.24, 2.45) is 0 Å². The number of hydrogen-bond acceptors (Lipinski definition) is 5. The number of esters is 1. The second-order valence-electron chi connectivity index (χ2n) is 5.17. The van der Waals surface area contributed by atoms with Crippen LogP contribution in [0.4, 0.5) is 4.79 Å². The Bertz CT molecular complexity index is 702. The van der Waals surface area contributed by atoms with Crippen molar-refractivity contribution < 1.29 is 24.2 Å². The van der Waals surface area contributed by atoms with Crippen LogP contribution in [-0.2, 0) is 20.9 Å². The lowest BCUT2D eigenvalue weighted by molar-refractivity contribution is -0.146. The number of rotatable bonds is 5. The Morgan fingerprint density at radius 1 is 1.12 bits per heavy atom. The van der Waals surface area contributed by atoms with Crippen molar-refractivity contribution in [3.63, 3.8) is 0 Å². The van der Waals surface area contributed by atoms with Gasteiger partial charge in [0.1, 0.15) is 12.4 Å². The highest BCUT2D eigenvalue weighted by Crippen LogP contribution is 2.25. The van der Waals surface area contributed by atoms with E-state index in [4.69, 9.17) is 9.47 Å². The van der Waals surface area contributed by atoms with Crippen LogP contribution < -0.4 is 0 Å². The fourth-order valence-electron chi connectivity index (χ4n) is 2.25. The van der Waals surface area contributed by atoms with E-state index in [1.165, 1.54) is 26.3 Å². The summed E-state index contributed by atoms with van der Waals surface area (Å²) in [6.45, 7) is 0.0952. The van der Waals surface area contributed by atoms with Gasteiger partial charge in [-0.05, 0) is 23.3 Å². The van der Waals surface area contributed by atoms with Gasteiger partial charge >= 0.3 is 12.1 Å². The number of hydrogen-bond donors (Lipinski definition) is 1. The van der Waals surface area contributed by atoms with E-state index >= 15 is 0 Å². The van der Waals surface area contributed by atoms with E-state index in [1.807, 2.05) is 30.3 Å². The molecule has 0 saturated heterocycles. The molecular weight excluding hydrogens is 310 g/mol. The molecule has 1 atom stereocenters. The van der Waals surface area contributed by atoms with Crippen LogP contribution in [0.2, 0.25) is 0 Å². The number of benzene rings is 2. The predicted molar refractivity (Wildman–Crippen MR) is 87.3 cm³/mol. The van der Waals surface area contributed by atoms with Crippen molar-refractivity contribution in [1.82, 2.24) is 4.90 Å². The minimum Gasteiger partial charge on any atom is -0.508 e. The molecule has 2 aromatic rings. The summed E-state index contributed by atoms with van der Waals surface area (Å²) in [5.74, 6) is -0.632. The molecule has 0 radical (unpaired) electrons. The molecule has 0 bridgehead atoms. The molecule has 0 saturated carbocycles. The van der Waals surface area contributed by atoms with Crippen LogP contribution in [0.5, 0.6) is 5.75 Å². The smallest absolute Gasteiger partial charge is 0.410 e.